The SMILES string of the molecule is COCC(COC(=O)CCc1ccc2ccccc2c1)OC(=O)CCCN(CCCC(=O)OC(COC(=O)CCc1ccc2ccccc2c1)COC(=O)CCc1ccc2ccccc2c1)C(=O)SCCCN(C)C. The van der Waals surface area contributed by atoms with Crippen molar-refractivity contribution in [3.05, 3.63) is 144 Å². The number of fused-ring (bicyclic) bond motifs is 3. The molecular weight excluding hydrogens is 973 g/mol. The number of aryl methyl sites for hydroxylation is 3. The van der Waals surface area contributed by atoms with Gasteiger partial charge < -0.3 is 38.2 Å². The number of carbonyl (C=O) groups is 6. The van der Waals surface area contributed by atoms with Crippen LogP contribution in [0.3, 0.4) is 0 Å². The largest absolute Gasteiger partial charge is 0.462 e. The number of hydrogen-bond acceptors (Lipinski definition) is 14. The van der Waals surface area contributed by atoms with Crippen LogP contribution < -0.4 is 0 Å². The molecule has 0 aliphatic rings. The summed E-state index contributed by atoms with van der Waals surface area (Å²) in [7, 11) is 5.39. The zero-order valence-corrected chi connectivity index (χ0v) is 44.2. The van der Waals surface area contributed by atoms with Crippen molar-refractivity contribution in [3.8, 4) is 0 Å². The van der Waals surface area contributed by atoms with Gasteiger partial charge in [-0.1, -0.05) is 139 Å². The Kier molecular flexibility index (Phi) is 23.9. The van der Waals surface area contributed by atoms with Gasteiger partial charge in [0.25, 0.3) is 5.24 Å². The minimum atomic E-state index is -1.07. The summed E-state index contributed by atoms with van der Waals surface area (Å²) in [5.74, 6) is -1.97. The van der Waals surface area contributed by atoms with Crippen molar-refractivity contribution < 1.29 is 57.2 Å². The normalized spacial score (nSPS) is 11.7. The van der Waals surface area contributed by atoms with Crippen molar-refractivity contribution >= 4 is 79.2 Å². The second kappa shape index (κ2) is 31.2. The number of hydrogen-bond donors (Lipinski definition) is 0. The molecule has 1 atom stereocenters. The second-order valence-electron chi connectivity index (χ2n) is 18.7. The molecule has 0 saturated heterocycles. The van der Waals surface area contributed by atoms with Crippen LogP contribution in [0.5, 0.6) is 0 Å². The van der Waals surface area contributed by atoms with E-state index in [1.54, 1.807) is 4.90 Å². The van der Waals surface area contributed by atoms with E-state index >= 15 is 0 Å². The first-order valence-corrected chi connectivity index (χ1v) is 26.7. The van der Waals surface area contributed by atoms with Gasteiger partial charge in [-0.3, -0.25) is 28.8 Å². The highest BCUT2D eigenvalue weighted by atomic mass is 32.2. The van der Waals surface area contributed by atoms with Crippen LogP contribution in [0.2, 0.25) is 0 Å². The Morgan fingerprint density at radius 1 is 0.440 bits per heavy atom. The molecule has 6 aromatic rings. The van der Waals surface area contributed by atoms with Gasteiger partial charge in [0.2, 0.25) is 0 Å². The van der Waals surface area contributed by atoms with E-state index in [2.05, 4.69) is 6.07 Å². The van der Waals surface area contributed by atoms with Crippen molar-refractivity contribution in [2.24, 2.45) is 0 Å². The molecule has 0 aliphatic carbocycles. The molecule has 0 fully saturated rings. The molecule has 0 heterocycles. The molecule has 6 rings (SSSR count). The lowest BCUT2D eigenvalue weighted by Gasteiger charge is -2.23. The van der Waals surface area contributed by atoms with Crippen molar-refractivity contribution in [2.45, 2.75) is 82.8 Å². The Balaban J connectivity index is 0.974. The highest BCUT2D eigenvalue weighted by Crippen LogP contribution is 2.21. The first-order valence-electron chi connectivity index (χ1n) is 25.7. The third-order valence-corrected chi connectivity index (χ3v) is 13.4. The van der Waals surface area contributed by atoms with E-state index < -0.39 is 42.1 Å². The van der Waals surface area contributed by atoms with Crippen LogP contribution in [0.1, 0.15) is 68.1 Å². The summed E-state index contributed by atoms with van der Waals surface area (Å²) in [5, 5.41) is 6.36. The summed E-state index contributed by atoms with van der Waals surface area (Å²) in [6.45, 7) is 0.455. The van der Waals surface area contributed by atoms with Crippen LogP contribution in [0.15, 0.2) is 127 Å². The maximum Gasteiger partial charge on any atom is 0.306 e. The number of rotatable bonds is 31. The Hall–Kier alpha value is -6.81. The first-order chi connectivity index (χ1) is 36.4. The molecule has 6 aromatic carbocycles. The number of amides is 1. The van der Waals surface area contributed by atoms with E-state index in [9.17, 15) is 28.8 Å². The summed E-state index contributed by atoms with van der Waals surface area (Å²) < 4.78 is 33.3. The van der Waals surface area contributed by atoms with Crippen LogP contribution in [-0.4, -0.2) is 130 Å². The third kappa shape index (κ3) is 20.8. The van der Waals surface area contributed by atoms with Crippen LogP contribution in [0.25, 0.3) is 32.3 Å². The number of ether oxygens (including phenoxy) is 6. The van der Waals surface area contributed by atoms with Crippen molar-refractivity contribution in [1.82, 2.24) is 9.80 Å². The lowest BCUT2D eigenvalue weighted by molar-refractivity contribution is -0.166. The van der Waals surface area contributed by atoms with Gasteiger partial charge >= 0.3 is 29.8 Å². The number of benzene rings is 6. The molecule has 1 unspecified atom stereocenters. The summed E-state index contributed by atoms with van der Waals surface area (Å²) in [6, 6.07) is 42.1. The minimum absolute atomic E-state index is 0.0170. The maximum atomic E-state index is 13.5. The van der Waals surface area contributed by atoms with E-state index in [1.807, 2.05) is 140 Å². The summed E-state index contributed by atoms with van der Waals surface area (Å²) in [6.07, 6.45) is 1.06. The summed E-state index contributed by atoms with van der Waals surface area (Å²) in [4.78, 5) is 82.2. The van der Waals surface area contributed by atoms with Crippen molar-refractivity contribution in [3.63, 3.8) is 0 Å². The molecule has 0 bridgehead atoms. The average molecular weight is 1040 g/mol. The van der Waals surface area contributed by atoms with Gasteiger partial charge in [-0.15, -0.1) is 0 Å². The number of nitrogens with zero attached hydrogens (tertiary/aromatic N) is 2. The Bertz CT molecular complexity index is 2720. The highest BCUT2D eigenvalue weighted by Gasteiger charge is 2.23. The summed E-state index contributed by atoms with van der Waals surface area (Å²) >= 11 is 1.17. The van der Waals surface area contributed by atoms with E-state index in [1.165, 1.54) is 18.9 Å². The van der Waals surface area contributed by atoms with Crippen LogP contribution in [0.4, 0.5) is 4.79 Å². The van der Waals surface area contributed by atoms with Gasteiger partial charge in [0.1, 0.15) is 19.8 Å². The number of methoxy groups -OCH3 is 1. The standard InChI is InChI=1S/C60H70N2O12S/c1-61(2)33-12-36-75-60(68)62(34-10-19-58(66)73-53(40-69-3)41-70-55(63)30-24-44-21-27-47-13-4-7-16-50(47)37-44)35-11-20-59(67)74-54(42-71-56(64)31-25-45-22-28-48-14-5-8-17-51(48)38-45)43-72-57(65)32-26-46-23-29-49-15-6-9-18-52(49)39-46/h4-9,13-18,21-23,27-29,37-39,53-54H,10-12,19-20,24-26,30-36,40-43H2,1-3H3. The second-order valence-corrected chi connectivity index (χ2v) is 19.8. The fraction of sp³-hybridized carbons (Fsp3) is 0.400. The van der Waals surface area contributed by atoms with Crippen molar-refractivity contribution in [1.29, 1.82) is 0 Å². The molecule has 14 nitrogen and oxygen atoms in total. The fourth-order valence-electron chi connectivity index (χ4n) is 8.36. The predicted octanol–water partition coefficient (Wildman–Crippen LogP) is 10.1. The molecule has 0 radical (unpaired) electrons. The number of esters is 5. The molecule has 0 aromatic heterocycles. The van der Waals surface area contributed by atoms with Crippen molar-refractivity contribution in [2.75, 3.05) is 73.0 Å². The third-order valence-electron chi connectivity index (χ3n) is 12.4. The zero-order valence-electron chi connectivity index (χ0n) is 43.4. The predicted molar refractivity (Wildman–Crippen MR) is 292 cm³/mol. The molecule has 0 aliphatic heterocycles. The number of thioether (sulfide) groups is 1. The molecule has 75 heavy (non-hydrogen) atoms. The Morgan fingerprint density at radius 3 is 1.19 bits per heavy atom. The molecule has 1 amide bonds. The maximum absolute atomic E-state index is 13.5. The molecule has 15 heteroatoms. The average Bonchev–Trinajstić information content (AvgIpc) is 3.41. The lowest BCUT2D eigenvalue weighted by atomic mass is 10.0. The highest BCUT2D eigenvalue weighted by molar-refractivity contribution is 8.13. The number of carbonyl (C=O) groups excluding carboxylic acids is 6. The lowest BCUT2D eigenvalue weighted by Crippen LogP contribution is -2.33. The quantitative estimate of drug-likeness (QED) is 0.0229. The zero-order chi connectivity index (χ0) is 53.2. The Labute approximate surface area is 444 Å². The molecule has 0 N–H and O–H groups in total. The van der Waals surface area contributed by atoms with Gasteiger partial charge in [0.15, 0.2) is 12.2 Å². The van der Waals surface area contributed by atoms with Crippen LogP contribution in [-0.2, 0) is 71.7 Å². The van der Waals surface area contributed by atoms with E-state index in [0.29, 0.717) is 25.0 Å². The molecular formula is C60H70N2O12S. The van der Waals surface area contributed by atoms with Gasteiger partial charge in [-0.25, -0.2) is 0 Å². The smallest absolute Gasteiger partial charge is 0.306 e. The summed E-state index contributed by atoms with van der Waals surface area (Å²) in [5.41, 5.74) is 2.96. The van der Waals surface area contributed by atoms with Gasteiger partial charge in [-0.2, -0.15) is 0 Å². The van der Waals surface area contributed by atoms with E-state index in [4.69, 9.17) is 28.4 Å². The van der Waals surface area contributed by atoms with Gasteiger partial charge in [0.05, 0.1) is 6.61 Å². The van der Waals surface area contributed by atoms with Crippen LogP contribution >= 0.6 is 11.8 Å². The van der Waals surface area contributed by atoms with Gasteiger partial charge in [-0.05, 0) is 108 Å². The van der Waals surface area contributed by atoms with E-state index in [-0.39, 0.29) is 89.7 Å². The molecule has 398 valence electrons. The monoisotopic (exact) mass is 1040 g/mol. The first kappa shape index (κ1) is 57.5. The minimum Gasteiger partial charge on any atom is -0.462 e. The Morgan fingerprint density at radius 2 is 0.813 bits per heavy atom. The van der Waals surface area contributed by atoms with E-state index in [0.717, 1.165) is 62.0 Å². The van der Waals surface area contributed by atoms with Crippen LogP contribution in [0, 0.1) is 0 Å². The topological polar surface area (TPSA) is 164 Å². The molecule has 0 spiro atoms. The molecule has 0 saturated carbocycles. The van der Waals surface area contributed by atoms with Gasteiger partial charge in [0, 0.05) is 58.1 Å². The fourth-order valence-corrected chi connectivity index (χ4v) is 9.17.